The Hall–Kier alpha value is -2.97. The van der Waals surface area contributed by atoms with Crippen LogP contribution in [0.15, 0.2) is 41.6 Å². The molecule has 0 saturated carbocycles. The zero-order chi connectivity index (χ0) is 18.4. The van der Waals surface area contributed by atoms with Crippen molar-refractivity contribution in [1.82, 2.24) is 24.5 Å². The van der Waals surface area contributed by atoms with Gasteiger partial charge in [-0.2, -0.15) is 0 Å². The number of pyridine rings is 2. The third-order valence-corrected chi connectivity index (χ3v) is 5.07. The predicted octanol–water partition coefficient (Wildman–Crippen LogP) is 1.67. The average molecular weight is 365 g/mol. The summed E-state index contributed by atoms with van der Waals surface area (Å²) in [5, 5.41) is 10.8. The van der Waals surface area contributed by atoms with E-state index in [1.165, 1.54) is 0 Å². The van der Waals surface area contributed by atoms with Crippen molar-refractivity contribution in [3.63, 3.8) is 0 Å². The number of imidazole rings is 1. The smallest absolute Gasteiger partial charge is 0.327 e. The van der Waals surface area contributed by atoms with Crippen molar-refractivity contribution in [2.45, 2.75) is 19.1 Å². The van der Waals surface area contributed by atoms with E-state index in [0.717, 1.165) is 27.7 Å². The van der Waals surface area contributed by atoms with Gasteiger partial charge in [-0.25, -0.2) is 14.8 Å². The Balaban J connectivity index is 1.55. The molecule has 2 atom stereocenters. The predicted molar refractivity (Wildman–Crippen MR) is 100 cm³/mol. The number of hydrogen-bond donors (Lipinski definition) is 3. The van der Waals surface area contributed by atoms with E-state index in [2.05, 4.69) is 19.9 Å². The molecule has 4 aromatic rings. The lowest BCUT2D eigenvalue weighted by Gasteiger charge is -2.26. The molecule has 0 amide bonds. The Bertz CT molecular complexity index is 1170. The summed E-state index contributed by atoms with van der Waals surface area (Å²) < 4.78 is 7.10. The first kappa shape index (κ1) is 16.2. The van der Waals surface area contributed by atoms with Crippen LogP contribution in [0.3, 0.4) is 0 Å². The van der Waals surface area contributed by atoms with Gasteiger partial charge in [-0.05, 0) is 24.6 Å². The number of hydrogen-bond acceptors (Lipinski definition) is 5. The molecular weight excluding hydrogens is 346 g/mol. The number of fused-ring (bicyclic) bond motifs is 2. The molecule has 4 aromatic heterocycles. The van der Waals surface area contributed by atoms with Gasteiger partial charge in [-0.1, -0.05) is 0 Å². The fourth-order valence-corrected chi connectivity index (χ4v) is 3.75. The summed E-state index contributed by atoms with van der Waals surface area (Å²) in [6.07, 6.45) is 5.54. The molecule has 138 valence electrons. The van der Waals surface area contributed by atoms with Crippen molar-refractivity contribution < 1.29 is 9.84 Å². The monoisotopic (exact) mass is 365 g/mol. The highest BCUT2D eigenvalue weighted by Crippen LogP contribution is 2.25. The molecule has 0 radical (unpaired) electrons. The van der Waals surface area contributed by atoms with Crippen LogP contribution in [0.4, 0.5) is 0 Å². The lowest BCUT2D eigenvalue weighted by molar-refractivity contribution is -0.0396. The molecule has 0 aliphatic carbocycles. The number of aromatic nitrogens is 5. The number of ether oxygens (including phenoxy) is 1. The van der Waals surface area contributed by atoms with E-state index in [1.807, 2.05) is 24.4 Å². The summed E-state index contributed by atoms with van der Waals surface area (Å²) in [6.45, 7) is 1.38. The van der Waals surface area contributed by atoms with Crippen LogP contribution in [0.25, 0.3) is 33.3 Å². The maximum atomic E-state index is 12.4. The van der Waals surface area contributed by atoms with Gasteiger partial charge in [0.2, 0.25) is 0 Å². The second-order valence-electron chi connectivity index (χ2n) is 7.06. The Labute approximate surface area is 153 Å². The SMILES string of the molecule is O=c1[nH]c2ncc(-c3cnc4[nH]ccc4c3)cc2n1CC1COCC(O)C1. The van der Waals surface area contributed by atoms with Crippen molar-refractivity contribution in [3.05, 3.63) is 47.3 Å². The fourth-order valence-electron chi connectivity index (χ4n) is 3.75. The lowest BCUT2D eigenvalue weighted by Crippen LogP contribution is -2.33. The van der Waals surface area contributed by atoms with Crippen molar-refractivity contribution in [3.8, 4) is 11.1 Å². The normalized spacial score (nSPS) is 20.5. The standard InChI is InChI=1S/C19H19N5O3/c25-15-3-11(9-27-10-15)8-24-16-5-14(7-22-18(16)23-19(24)26)13-4-12-1-2-20-17(12)21-6-13/h1-2,4-7,11,15,25H,3,8-10H2,(H,20,21)(H,22,23,26). The average Bonchev–Trinajstić information content (AvgIpc) is 3.25. The summed E-state index contributed by atoms with van der Waals surface area (Å²) in [6, 6.07) is 5.97. The van der Waals surface area contributed by atoms with Gasteiger partial charge in [0.1, 0.15) is 5.65 Å². The van der Waals surface area contributed by atoms with Gasteiger partial charge in [-0.15, -0.1) is 0 Å². The molecule has 5 rings (SSSR count). The maximum absolute atomic E-state index is 12.4. The van der Waals surface area contributed by atoms with Gasteiger partial charge in [-0.3, -0.25) is 9.55 Å². The van der Waals surface area contributed by atoms with E-state index < -0.39 is 6.10 Å². The molecule has 1 saturated heterocycles. The molecular formula is C19H19N5O3. The number of aliphatic hydroxyl groups excluding tert-OH is 1. The van der Waals surface area contributed by atoms with Gasteiger partial charge in [0, 0.05) is 47.6 Å². The summed E-state index contributed by atoms with van der Waals surface area (Å²) in [4.78, 5) is 27.2. The molecule has 0 aromatic carbocycles. The molecule has 27 heavy (non-hydrogen) atoms. The van der Waals surface area contributed by atoms with Crippen LogP contribution in [0.5, 0.6) is 0 Å². The van der Waals surface area contributed by atoms with Gasteiger partial charge in [0.05, 0.1) is 24.8 Å². The van der Waals surface area contributed by atoms with E-state index in [4.69, 9.17) is 4.74 Å². The van der Waals surface area contributed by atoms with Crippen LogP contribution in [-0.2, 0) is 11.3 Å². The Morgan fingerprint density at radius 2 is 2.00 bits per heavy atom. The molecule has 2 unspecified atom stereocenters. The first-order chi connectivity index (χ1) is 13.2. The molecule has 1 aliphatic rings. The van der Waals surface area contributed by atoms with E-state index >= 15 is 0 Å². The number of rotatable bonds is 3. The zero-order valence-electron chi connectivity index (χ0n) is 14.6. The van der Waals surface area contributed by atoms with Crippen LogP contribution in [0, 0.1) is 5.92 Å². The highest BCUT2D eigenvalue weighted by Gasteiger charge is 2.23. The first-order valence-corrected chi connectivity index (χ1v) is 8.95. The molecule has 1 aliphatic heterocycles. The summed E-state index contributed by atoms with van der Waals surface area (Å²) in [7, 11) is 0. The van der Waals surface area contributed by atoms with Crippen molar-refractivity contribution in [2.75, 3.05) is 13.2 Å². The van der Waals surface area contributed by atoms with Gasteiger partial charge in [0.25, 0.3) is 0 Å². The highest BCUT2D eigenvalue weighted by molar-refractivity contribution is 5.84. The Morgan fingerprint density at radius 3 is 2.85 bits per heavy atom. The zero-order valence-corrected chi connectivity index (χ0v) is 14.6. The number of aromatic amines is 2. The van der Waals surface area contributed by atoms with Gasteiger partial charge >= 0.3 is 5.69 Å². The topological polar surface area (TPSA) is 109 Å². The van der Waals surface area contributed by atoms with Gasteiger partial charge in [0.15, 0.2) is 5.65 Å². The van der Waals surface area contributed by atoms with Crippen LogP contribution >= 0.6 is 0 Å². The largest absolute Gasteiger partial charge is 0.391 e. The third kappa shape index (κ3) is 2.92. The van der Waals surface area contributed by atoms with Crippen molar-refractivity contribution >= 4 is 22.2 Å². The Kier molecular flexibility index (Phi) is 3.80. The first-order valence-electron chi connectivity index (χ1n) is 8.95. The van der Waals surface area contributed by atoms with E-state index in [1.54, 1.807) is 17.0 Å². The quantitative estimate of drug-likeness (QED) is 0.512. The van der Waals surface area contributed by atoms with Crippen LogP contribution in [-0.4, -0.2) is 48.9 Å². The summed E-state index contributed by atoms with van der Waals surface area (Å²) in [5.41, 5.74) is 3.76. The maximum Gasteiger partial charge on any atom is 0.327 e. The highest BCUT2D eigenvalue weighted by atomic mass is 16.5. The number of H-pyrrole nitrogens is 2. The Morgan fingerprint density at radius 1 is 1.19 bits per heavy atom. The van der Waals surface area contributed by atoms with Crippen LogP contribution in [0.2, 0.25) is 0 Å². The van der Waals surface area contributed by atoms with Crippen molar-refractivity contribution in [2.24, 2.45) is 5.92 Å². The molecule has 3 N–H and O–H groups in total. The fraction of sp³-hybridized carbons (Fsp3) is 0.316. The minimum absolute atomic E-state index is 0.0898. The van der Waals surface area contributed by atoms with E-state index in [9.17, 15) is 9.90 Å². The number of aliphatic hydroxyl groups is 1. The second kappa shape index (κ2) is 6.33. The number of nitrogens with zero attached hydrogens (tertiary/aromatic N) is 3. The molecule has 8 heteroatoms. The molecule has 0 spiro atoms. The minimum atomic E-state index is -0.475. The minimum Gasteiger partial charge on any atom is -0.391 e. The van der Waals surface area contributed by atoms with E-state index in [0.29, 0.717) is 31.8 Å². The molecule has 8 nitrogen and oxygen atoms in total. The number of nitrogens with one attached hydrogen (secondary N) is 2. The van der Waals surface area contributed by atoms with E-state index in [-0.39, 0.29) is 11.6 Å². The summed E-state index contributed by atoms with van der Waals surface area (Å²) in [5.74, 6) is 0.0898. The molecule has 0 bridgehead atoms. The molecule has 1 fully saturated rings. The van der Waals surface area contributed by atoms with Crippen molar-refractivity contribution in [1.29, 1.82) is 0 Å². The summed E-state index contributed by atoms with van der Waals surface area (Å²) >= 11 is 0. The third-order valence-electron chi connectivity index (χ3n) is 5.07. The lowest BCUT2D eigenvalue weighted by atomic mass is 10.0. The second-order valence-corrected chi connectivity index (χ2v) is 7.06. The van der Waals surface area contributed by atoms with Crippen LogP contribution in [0.1, 0.15) is 6.42 Å². The van der Waals surface area contributed by atoms with Gasteiger partial charge < -0.3 is 14.8 Å². The molecule has 5 heterocycles. The van der Waals surface area contributed by atoms with Crippen LogP contribution < -0.4 is 5.69 Å².